The maximum absolute atomic E-state index is 11.5. The van der Waals surface area contributed by atoms with Gasteiger partial charge in [0, 0.05) is 0 Å². The summed E-state index contributed by atoms with van der Waals surface area (Å²) in [5.74, 6) is -0.522. The molecule has 4 nitrogen and oxygen atoms in total. The summed E-state index contributed by atoms with van der Waals surface area (Å²) in [5, 5.41) is 8.86. The molecular formula is C11H17N2O2+. The maximum Gasteiger partial charge on any atom is 0.354 e. The van der Waals surface area contributed by atoms with Crippen LogP contribution in [-0.4, -0.2) is 36.2 Å². The van der Waals surface area contributed by atoms with Crippen LogP contribution in [0.15, 0.2) is 11.8 Å². The fraction of sp³-hybridized carbons (Fsp3) is 0.636. The summed E-state index contributed by atoms with van der Waals surface area (Å²) in [4.78, 5) is 11.5. The van der Waals surface area contributed by atoms with Gasteiger partial charge in [0.25, 0.3) is 0 Å². The van der Waals surface area contributed by atoms with Gasteiger partial charge in [0.15, 0.2) is 5.57 Å². The molecule has 1 rings (SSSR count). The minimum Gasteiger partial charge on any atom is -0.459 e. The zero-order valence-electron chi connectivity index (χ0n) is 9.65. The van der Waals surface area contributed by atoms with E-state index in [4.69, 9.17) is 10.00 Å². The monoisotopic (exact) mass is 209 g/mol. The molecule has 1 heterocycles. The average molecular weight is 209 g/mol. The molecule has 0 aromatic carbocycles. The van der Waals surface area contributed by atoms with Crippen LogP contribution in [0.2, 0.25) is 0 Å². The first-order valence-corrected chi connectivity index (χ1v) is 5.08. The third-order valence-electron chi connectivity index (χ3n) is 2.64. The van der Waals surface area contributed by atoms with Crippen LogP contribution in [0.4, 0.5) is 0 Å². The molecule has 1 fully saturated rings. The number of likely N-dealkylation sites (N-methyl/N-ethyl adjacent to an activating group) is 1. The first-order chi connectivity index (χ1) is 6.89. The molecule has 0 saturated carbocycles. The van der Waals surface area contributed by atoms with Gasteiger partial charge in [-0.05, 0) is 20.8 Å². The fourth-order valence-electron chi connectivity index (χ4n) is 1.40. The Bertz CT molecular complexity index is 341. The summed E-state index contributed by atoms with van der Waals surface area (Å²) >= 11 is 0. The molecule has 1 saturated heterocycles. The average Bonchev–Trinajstić information content (AvgIpc) is 2.69. The number of carbonyl (C=O) groups is 1. The Balaban J connectivity index is 2.73. The van der Waals surface area contributed by atoms with Crippen LogP contribution >= 0.6 is 0 Å². The van der Waals surface area contributed by atoms with Crippen LogP contribution in [0.3, 0.4) is 0 Å². The molecule has 0 aliphatic carbocycles. The van der Waals surface area contributed by atoms with Crippen LogP contribution < -0.4 is 0 Å². The van der Waals surface area contributed by atoms with E-state index in [1.54, 1.807) is 20.0 Å². The topological polar surface area (TPSA) is 50.1 Å². The predicted molar refractivity (Wildman–Crippen MR) is 55.4 cm³/mol. The number of nitrogens with zero attached hydrogens (tertiary/aromatic N) is 2. The second-order valence-electron chi connectivity index (χ2n) is 4.49. The van der Waals surface area contributed by atoms with E-state index in [0.717, 1.165) is 6.54 Å². The standard InChI is InChI=1S/C11H17N2O2/c1-8(2)15-11(14)10(5-12)7-13(4)6-9(13)3/h7-9H,6H2,1-4H3/q+1/b10-7+/t9-,13?/m0/s1. The van der Waals surface area contributed by atoms with Gasteiger partial charge in [-0.15, -0.1) is 0 Å². The lowest BCUT2D eigenvalue weighted by atomic mass is 10.3. The van der Waals surface area contributed by atoms with Gasteiger partial charge in [-0.1, -0.05) is 0 Å². The highest BCUT2D eigenvalue weighted by Crippen LogP contribution is 2.29. The lowest BCUT2D eigenvalue weighted by Crippen LogP contribution is -2.19. The van der Waals surface area contributed by atoms with E-state index < -0.39 is 5.97 Å². The van der Waals surface area contributed by atoms with Crippen molar-refractivity contribution in [2.75, 3.05) is 13.6 Å². The third-order valence-corrected chi connectivity index (χ3v) is 2.64. The summed E-state index contributed by atoms with van der Waals surface area (Å²) in [6.07, 6.45) is 1.50. The molecule has 1 unspecified atom stereocenters. The zero-order valence-corrected chi connectivity index (χ0v) is 9.65. The number of carbonyl (C=O) groups excluding carboxylic acids is 1. The molecule has 0 aromatic heterocycles. The van der Waals surface area contributed by atoms with Crippen LogP contribution in [0.5, 0.6) is 0 Å². The van der Waals surface area contributed by atoms with Gasteiger partial charge in [-0.3, -0.25) is 4.48 Å². The van der Waals surface area contributed by atoms with Crippen molar-refractivity contribution in [1.82, 2.24) is 0 Å². The molecular weight excluding hydrogens is 192 g/mol. The second kappa shape index (κ2) is 4.03. The van der Waals surface area contributed by atoms with Gasteiger partial charge < -0.3 is 4.74 Å². The minimum absolute atomic E-state index is 0.107. The maximum atomic E-state index is 11.5. The molecule has 0 bridgehead atoms. The van der Waals surface area contributed by atoms with Crippen LogP contribution in [0.1, 0.15) is 20.8 Å². The van der Waals surface area contributed by atoms with Crippen molar-refractivity contribution in [3.05, 3.63) is 11.8 Å². The highest BCUT2D eigenvalue weighted by atomic mass is 16.5. The van der Waals surface area contributed by atoms with Crippen LogP contribution in [0.25, 0.3) is 0 Å². The van der Waals surface area contributed by atoms with Gasteiger partial charge in [0.2, 0.25) is 0 Å². The summed E-state index contributed by atoms with van der Waals surface area (Å²) in [6, 6.07) is 2.38. The molecule has 15 heavy (non-hydrogen) atoms. The number of hydrogen-bond acceptors (Lipinski definition) is 3. The van der Waals surface area contributed by atoms with Gasteiger partial charge in [0.1, 0.15) is 24.9 Å². The number of ether oxygens (including phenoxy) is 1. The third kappa shape index (κ3) is 2.80. The lowest BCUT2D eigenvalue weighted by molar-refractivity contribution is -0.733. The zero-order chi connectivity index (χ0) is 11.6. The first-order valence-electron chi connectivity index (χ1n) is 5.08. The van der Waals surface area contributed by atoms with E-state index in [1.165, 1.54) is 0 Å². The first kappa shape index (κ1) is 11.7. The number of hydrogen-bond donors (Lipinski definition) is 0. The Morgan fingerprint density at radius 2 is 2.20 bits per heavy atom. The highest BCUT2D eigenvalue weighted by molar-refractivity contribution is 5.92. The highest BCUT2D eigenvalue weighted by Gasteiger charge is 2.47. The quantitative estimate of drug-likeness (QED) is 0.231. The molecule has 1 aliphatic rings. The Morgan fingerprint density at radius 1 is 1.67 bits per heavy atom. The SMILES string of the molecule is CC(C)OC(=O)/C(C#N)=C/[N+]1(C)C[C@@H]1C. The number of nitriles is 1. The molecule has 0 amide bonds. The van der Waals surface area contributed by atoms with E-state index >= 15 is 0 Å². The number of esters is 1. The number of rotatable bonds is 3. The molecule has 1 aliphatic heterocycles. The van der Waals surface area contributed by atoms with Crippen molar-refractivity contribution in [2.45, 2.75) is 32.9 Å². The Morgan fingerprint density at radius 3 is 2.53 bits per heavy atom. The van der Waals surface area contributed by atoms with Crippen molar-refractivity contribution >= 4 is 5.97 Å². The van der Waals surface area contributed by atoms with Crippen molar-refractivity contribution in [1.29, 1.82) is 5.26 Å². The van der Waals surface area contributed by atoms with Crippen LogP contribution in [0, 0.1) is 11.3 Å². The fourth-order valence-corrected chi connectivity index (χ4v) is 1.40. The second-order valence-corrected chi connectivity index (χ2v) is 4.49. The molecule has 2 atom stereocenters. The van der Waals surface area contributed by atoms with Gasteiger partial charge >= 0.3 is 5.97 Å². The summed E-state index contributed by atoms with van der Waals surface area (Å²) in [6.45, 7) is 6.59. The molecule has 0 aromatic rings. The molecule has 0 spiro atoms. The van der Waals surface area contributed by atoms with E-state index in [1.807, 2.05) is 13.1 Å². The largest absolute Gasteiger partial charge is 0.459 e. The number of quaternary nitrogens is 1. The smallest absolute Gasteiger partial charge is 0.354 e. The Hall–Kier alpha value is -1.34. The summed E-state index contributed by atoms with van der Waals surface area (Å²) in [7, 11) is 1.99. The van der Waals surface area contributed by atoms with Gasteiger partial charge in [-0.25, -0.2) is 4.79 Å². The molecule has 0 radical (unpaired) electrons. The molecule has 82 valence electrons. The summed E-state index contributed by atoms with van der Waals surface area (Å²) in [5.41, 5.74) is 0.107. The lowest BCUT2D eigenvalue weighted by Gasteiger charge is -2.09. The Kier molecular flexibility index (Phi) is 3.15. The van der Waals surface area contributed by atoms with E-state index in [0.29, 0.717) is 10.5 Å². The van der Waals surface area contributed by atoms with Crippen molar-refractivity contribution in [3.8, 4) is 6.07 Å². The summed E-state index contributed by atoms with van der Waals surface area (Å²) < 4.78 is 5.62. The molecule has 0 N–H and O–H groups in total. The van der Waals surface area contributed by atoms with E-state index in [9.17, 15) is 4.79 Å². The Labute approximate surface area is 90.3 Å². The van der Waals surface area contributed by atoms with E-state index in [2.05, 4.69) is 6.92 Å². The normalized spacial score (nSPS) is 29.9. The van der Waals surface area contributed by atoms with E-state index in [-0.39, 0.29) is 11.7 Å². The predicted octanol–water partition coefficient (Wildman–Crippen LogP) is 1.19. The molecule has 4 heteroatoms. The van der Waals surface area contributed by atoms with Crippen molar-refractivity contribution < 1.29 is 14.0 Å². The van der Waals surface area contributed by atoms with Crippen molar-refractivity contribution in [3.63, 3.8) is 0 Å². The van der Waals surface area contributed by atoms with Crippen LogP contribution in [-0.2, 0) is 9.53 Å². The van der Waals surface area contributed by atoms with Gasteiger partial charge in [0.05, 0.1) is 13.2 Å². The van der Waals surface area contributed by atoms with Crippen molar-refractivity contribution in [2.24, 2.45) is 0 Å². The minimum atomic E-state index is -0.522. The van der Waals surface area contributed by atoms with Gasteiger partial charge in [-0.2, -0.15) is 5.26 Å².